The zero-order valence-electron chi connectivity index (χ0n) is 14.8. The molecule has 1 aliphatic heterocycles. The molecule has 1 aliphatic rings. The van der Waals surface area contributed by atoms with E-state index in [-0.39, 0.29) is 6.79 Å². The van der Waals surface area contributed by atoms with E-state index < -0.39 is 0 Å². The molecule has 0 aliphatic carbocycles. The highest BCUT2D eigenvalue weighted by molar-refractivity contribution is 7.80. The summed E-state index contributed by atoms with van der Waals surface area (Å²) in [4.78, 5) is 0. The van der Waals surface area contributed by atoms with Crippen LogP contribution in [0.3, 0.4) is 0 Å². The van der Waals surface area contributed by atoms with Gasteiger partial charge in [0.15, 0.2) is 28.1 Å². The Morgan fingerprint density at radius 2 is 1.92 bits per heavy atom. The predicted octanol–water partition coefficient (Wildman–Crippen LogP) is 2.64. The highest BCUT2D eigenvalue weighted by Gasteiger charge is 2.13. The standard InChI is InChI=1S/C19H22N2O4S/c1-22-16-5-3-4-14(18(16)23-2)8-9-20-19(26)21-11-13-6-7-15-17(10-13)25-12-24-15/h3-7,10H,8-9,11-12H2,1-2H3,(H2,20,21,26). The molecular formula is C19H22N2O4S. The molecule has 0 atom stereocenters. The van der Waals surface area contributed by atoms with E-state index in [0.29, 0.717) is 18.2 Å². The highest BCUT2D eigenvalue weighted by atomic mass is 32.1. The average Bonchev–Trinajstić information content (AvgIpc) is 3.13. The summed E-state index contributed by atoms with van der Waals surface area (Å²) < 4.78 is 21.5. The molecule has 0 radical (unpaired) electrons. The molecule has 0 unspecified atom stereocenters. The summed E-state index contributed by atoms with van der Waals surface area (Å²) in [5, 5.41) is 7.01. The molecule has 1 heterocycles. The van der Waals surface area contributed by atoms with E-state index in [4.69, 9.17) is 31.2 Å². The van der Waals surface area contributed by atoms with Gasteiger partial charge in [-0.15, -0.1) is 0 Å². The van der Waals surface area contributed by atoms with Crippen LogP contribution in [-0.2, 0) is 13.0 Å². The van der Waals surface area contributed by atoms with Crippen molar-refractivity contribution in [2.24, 2.45) is 0 Å². The van der Waals surface area contributed by atoms with Gasteiger partial charge in [-0.3, -0.25) is 0 Å². The van der Waals surface area contributed by atoms with Gasteiger partial charge in [-0.05, 0) is 48.0 Å². The van der Waals surface area contributed by atoms with E-state index in [0.717, 1.165) is 40.5 Å². The zero-order valence-corrected chi connectivity index (χ0v) is 15.7. The van der Waals surface area contributed by atoms with Crippen LogP contribution in [0.15, 0.2) is 36.4 Å². The molecule has 6 nitrogen and oxygen atoms in total. The van der Waals surface area contributed by atoms with Crippen LogP contribution in [0.1, 0.15) is 11.1 Å². The molecular weight excluding hydrogens is 352 g/mol. The third-order valence-corrected chi connectivity index (χ3v) is 4.34. The van der Waals surface area contributed by atoms with Gasteiger partial charge in [0.05, 0.1) is 14.2 Å². The Kier molecular flexibility index (Phi) is 6.01. The van der Waals surface area contributed by atoms with E-state index in [9.17, 15) is 0 Å². The summed E-state index contributed by atoms with van der Waals surface area (Å²) in [6.07, 6.45) is 0.770. The molecule has 3 rings (SSSR count). The Balaban J connectivity index is 1.46. The van der Waals surface area contributed by atoms with E-state index in [2.05, 4.69) is 10.6 Å². The first-order valence-electron chi connectivity index (χ1n) is 8.31. The summed E-state index contributed by atoms with van der Waals surface area (Å²) in [6.45, 7) is 1.58. The van der Waals surface area contributed by atoms with Gasteiger partial charge >= 0.3 is 0 Å². The maximum atomic E-state index is 5.44. The zero-order chi connectivity index (χ0) is 18.4. The summed E-state index contributed by atoms with van der Waals surface area (Å²) in [5.41, 5.74) is 2.14. The average molecular weight is 374 g/mol. The van der Waals surface area contributed by atoms with Crippen molar-refractivity contribution in [3.63, 3.8) is 0 Å². The van der Waals surface area contributed by atoms with Gasteiger partial charge in [0.1, 0.15) is 0 Å². The normalized spacial score (nSPS) is 11.8. The van der Waals surface area contributed by atoms with Crippen LogP contribution in [0.25, 0.3) is 0 Å². The minimum atomic E-state index is 0.278. The van der Waals surface area contributed by atoms with Crippen LogP contribution in [0.5, 0.6) is 23.0 Å². The molecule has 26 heavy (non-hydrogen) atoms. The number of fused-ring (bicyclic) bond motifs is 1. The first-order valence-corrected chi connectivity index (χ1v) is 8.72. The third kappa shape index (κ3) is 4.29. The second-order valence-corrected chi connectivity index (χ2v) is 6.11. The number of benzene rings is 2. The van der Waals surface area contributed by atoms with E-state index in [1.807, 2.05) is 36.4 Å². The third-order valence-electron chi connectivity index (χ3n) is 4.05. The molecule has 0 aromatic heterocycles. The molecule has 0 saturated carbocycles. The lowest BCUT2D eigenvalue weighted by atomic mass is 10.1. The number of hydrogen-bond donors (Lipinski definition) is 2. The largest absolute Gasteiger partial charge is 0.493 e. The van der Waals surface area contributed by atoms with Gasteiger partial charge in [0.25, 0.3) is 0 Å². The quantitative estimate of drug-likeness (QED) is 0.723. The molecule has 0 fully saturated rings. The molecule has 2 aromatic rings. The van der Waals surface area contributed by atoms with Crippen molar-refractivity contribution in [2.45, 2.75) is 13.0 Å². The number of para-hydroxylation sites is 1. The first kappa shape index (κ1) is 18.1. The molecule has 0 amide bonds. The second kappa shape index (κ2) is 8.62. The van der Waals surface area contributed by atoms with Crippen molar-refractivity contribution in [2.75, 3.05) is 27.6 Å². The fourth-order valence-electron chi connectivity index (χ4n) is 2.76. The maximum Gasteiger partial charge on any atom is 0.231 e. The van der Waals surface area contributed by atoms with Gasteiger partial charge in [-0.25, -0.2) is 0 Å². The van der Waals surface area contributed by atoms with Crippen molar-refractivity contribution in [3.8, 4) is 23.0 Å². The fourth-order valence-corrected chi connectivity index (χ4v) is 2.93. The predicted molar refractivity (Wildman–Crippen MR) is 103 cm³/mol. The number of thiocarbonyl (C=S) groups is 1. The number of nitrogens with one attached hydrogen (secondary N) is 2. The van der Waals surface area contributed by atoms with Crippen LogP contribution in [0.2, 0.25) is 0 Å². The van der Waals surface area contributed by atoms with Gasteiger partial charge in [-0.1, -0.05) is 18.2 Å². The lowest BCUT2D eigenvalue weighted by Gasteiger charge is -2.14. The number of methoxy groups -OCH3 is 2. The van der Waals surface area contributed by atoms with Gasteiger partial charge < -0.3 is 29.6 Å². The second-order valence-electron chi connectivity index (χ2n) is 5.70. The molecule has 0 saturated heterocycles. The van der Waals surface area contributed by atoms with Crippen LogP contribution >= 0.6 is 12.2 Å². The molecule has 2 aromatic carbocycles. The number of hydrogen-bond acceptors (Lipinski definition) is 5. The topological polar surface area (TPSA) is 61.0 Å². The van der Waals surface area contributed by atoms with Crippen LogP contribution in [-0.4, -0.2) is 32.7 Å². The Morgan fingerprint density at radius 3 is 2.73 bits per heavy atom. The smallest absolute Gasteiger partial charge is 0.231 e. The number of ether oxygens (including phenoxy) is 4. The first-order chi connectivity index (χ1) is 12.7. The molecule has 7 heteroatoms. The fraction of sp³-hybridized carbons (Fsp3) is 0.316. The van der Waals surface area contributed by atoms with E-state index in [1.54, 1.807) is 14.2 Å². The van der Waals surface area contributed by atoms with Gasteiger partial charge in [0, 0.05) is 13.1 Å². The van der Waals surface area contributed by atoms with E-state index in [1.165, 1.54) is 0 Å². The molecule has 0 spiro atoms. The molecule has 138 valence electrons. The highest BCUT2D eigenvalue weighted by Crippen LogP contribution is 2.32. The summed E-state index contributed by atoms with van der Waals surface area (Å²) in [6, 6.07) is 11.7. The summed E-state index contributed by atoms with van der Waals surface area (Å²) in [7, 11) is 3.28. The van der Waals surface area contributed by atoms with Crippen molar-refractivity contribution >= 4 is 17.3 Å². The van der Waals surface area contributed by atoms with Crippen molar-refractivity contribution < 1.29 is 18.9 Å². The number of rotatable bonds is 7. The van der Waals surface area contributed by atoms with Crippen molar-refractivity contribution in [1.29, 1.82) is 0 Å². The van der Waals surface area contributed by atoms with Gasteiger partial charge in [0.2, 0.25) is 6.79 Å². The Hall–Kier alpha value is -2.67. The lowest BCUT2D eigenvalue weighted by molar-refractivity contribution is 0.174. The Bertz CT molecular complexity index is 782. The van der Waals surface area contributed by atoms with Crippen LogP contribution in [0.4, 0.5) is 0 Å². The minimum absolute atomic E-state index is 0.278. The van der Waals surface area contributed by atoms with Crippen molar-refractivity contribution in [1.82, 2.24) is 10.6 Å². The SMILES string of the molecule is COc1cccc(CCNC(=S)NCc2ccc3c(c2)OCO3)c1OC. The summed E-state index contributed by atoms with van der Waals surface area (Å²) >= 11 is 5.34. The summed E-state index contributed by atoms with van der Waals surface area (Å²) in [5.74, 6) is 3.04. The lowest BCUT2D eigenvalue weighted by Crippen LogP contribution is -2.35. The van der Waals surface area contributed by atoms with E-state index >= 15 is 0 Å². The molecule has 0 bridgehead atoms. The molecule has 2 N–H and O–H groups in total. The Morgan fingerprint density at radius 1 is 1.08 bits per heavy atom. The monoisotopic (exact) mass is 374 g/mol. The van der Waals surface area contributed by atoms with Crippen molar-refractivity contribution in [3.05, 3.63) is 47.5 Å². The van der Waals surface area contributed by atoms with Gasteiger partial charge in [-0.2, -0.15) is 0 Å². The Labute approximate surface area is 158 Å². The van der Waals surface area contributed by atoms with Crippen LogP contribution in [0, 0.1) is 0 Å². The maximum absolute atomic E-state index is 5.44. The minimum Gasteiger partial charge on any atom is -0.493 e. The van der Waals surface area contributed by atoms with Crippen LogP contribution < -0.4 is 29.6 Å².